The molecule has 2 aromatic carbocycles. The van der Waals surface area contributed by atoms with Crippen molar-refractivity contribution in [2.45, 2.75) is 25.1 Å². The molecule has 0 radical (unpaired) electrons. The minimum Gasteiger partial charge on any atom is -0.497 e. The van der Waals surface area contributed by atoms with Crippen LogP contribution in [0.2, 0.25) is 0 Å². The molecule has 1 fully saturated rings. The van der Waals surface area contributed by atoms with Crippen LogP contribution >= 0.6 is 0 Å². The van der Waals surface area contributed by atoms with Crippen LogP contribution in [0.1, 0.15) is 35.0 Å². The SMILES string of the molecule is COc1ccc(NC(=O)[C@@H]2CCC(=O)N2[C@H]2OC(=O)c3ccccc32)cc1. The monoisotopic (exact) mass is 366 g/mol. The first-order chi connectivity index (χ1) is 13.1. The first-order valence-corrected chi connectivity index (χ1v) is 8.64. The first kappa shape index (κ1) is 17.1. The van der Waals surface area contributed by atoms with Gasteiger partial charge in [0.1, 0.15) is 11.8 Å². The van der Waals surface area contributed by atoms with E-state index >= 15 is 0 Å². The summed E-state index contributed by atoms with van der Waals surface area (Å²) in [5.41, 5.74) is 1.64. The second kappa shape index (κ2) is 6.75. The van der Waals surface area contributed by atoms with Gasteiger partial charge < -0.3 is 14.8 Å². The number of nitrogens with one attached hydrogen (secondary N) is 1. The lowest BCUT2D eigenvalue weighted by Crippen LogP contribution is -2.43. The molecule has 1 N–H and O–H groups in total. The van der Waals surface area contributed by atoms with Gasteiger partial charge in [0.05, 0.1) is 12.7 Å². The number of esters is 1. The fraction of sp³-hybridized carbons (Fsp3) is 0.250. The molecule has 0 unspecified atom stereocenters. The lowest BCUT2D eigenvalue weighted by Gasteiger charge is -2.29. The molecule has 2 amide bonds. The number of anilines is 1. The normalized spacial score (nSPS) is 21.0. The number of carbonyl (C=O) groups excluding carboxylic acids is 3. The third kappa shape index (κ3) is 3.01. The Morgan fingerprint density at radius 2 is 1.89 bits per heavy atom. The van der Waals surface area contributed by atoms with Gasteiger partial charge in [0.2, 0.25) is 18.0 Å². The lowest BCUT2D eigenvalue weighted by molar-refractivity contribution is -0.144. The molecule has 27 heavy (non-hydrogen) atoms. The predicted molar refractivity (Wildman–Crippen MR) is 96.1 cm³/mol. The molecule has 1 saturated heterocycles. The first-order valence-electron chi connectivity index (χ1n) is 8.64. The Hall–Kier alpha value is -3.35. The van der Waals surface area contributed by atoms with Crippen LogP contribution < -0.4 is 10.1 Å². The second-order valence-electron chi connectivity index (χ2n) is 6.42. The van der Waals surface area contributed by atoms with Crippen molar-refractivity contribution in [3.8, 4) is 5.75 Å². The van der Waals surface area contributed by atoms with E-state index in [1.54, 1.807) is 55.6 Å². The van der Waals surface area contributed by atoms with Crippen LogP contribution in [-0.2, 0) is 14.3 Å². The van der Waals surface area contributed by atoms with Gasteiger partial charge in [-0.15, -0.1) is 0 Å². The van der Waals surface area contributed by atoms with Crippen LogP contribution in [-0.4, -0.2) is 35.8 Å². The average molecular weight is 366 g/mol. The number of methoxy groups -OCH3 is 1. The minimum atomic E-state index is -0.865. The molecular formula is C20H18N2O5. The zero-order chi connectivity index (χ0) is 19.0. The summed E-state index contributed by atoms with van der Waals surface area (Å²) in [4.78, 5) is 38.7. The zero-order valence-corrected chi connectivity index (χ0v) is 14.7. The Morgan fingerprint density at radius 1 is 1.15 bits per heavy atom. The molecule has 138 valence electrons. The molecule has 0 saturated carbocycles. The number of fused-ring (bicyclic) bond motifs is 1. The summed E-state index contributed by atoms with van der Waals surface area (Å²) in [7, 11) is 1.57. The molecule has 2 aromatic rings. The molecule has 2 atom stereocenters. The number of ether oxygens (including phenoxy) is 2. The quantitative estimate of drug-likeness (QED) is 0.841. The van der Waals surface area contributed by atoms with Crippen LogP contribution in [0.25, 0.3) is 0 Å². The van der Waals surface area contributed by atoms with E-state index in [9.17, 15) is 14.4 Å². The molecule has 0 bridgehead atoms. The molecule has 0 aromatic heterocycles. The maximum absolute atomic E-state index is 12.8. The Bertz CT molecular complexity index is 909. The zero-order valence-electron chi connectivity index (χ0n) is 14.7. The molecule has 4 rings (SSSR count). The molecule has 2 heterocycles. The standard InChI is InChI=1S/C20H18N2O5/c1-26-13-8-6-12(7-9-13)21-18(24)16-10-11-17(23)22(16)19-14-4-2-3-5-15(14)20(25)27-19/h2-9,16,19H,10-11H2,1H3,(H,21,24)/t16-,19-/m0/s1. The number of benzene rings is 2. The number of amides is 2. The highest BCUT2D eigenvalue weighted by Gasteiger charge is 2.46. The van der Waals surface area contributed by atoms with E-state index < -0.39 is 18.2 Å². The summed E-state index contributed by atoms with van der Waals surface area (Å²) in [5.74, 6) is -0.324. The van der Waals surface area contributed by atoms with Crippen molar-refractivity contribution in [3.63, 3.8) is 0 Å². The highest BCUT2D eigenvalue weighted by molar-refractivity contribution is 6.00. The van der Waals surface area contributed by atoms with Gasteiger partial charge in [-0.2, -0.15) is 0 Å². The van der Waals surface area contributed by atoms with Crippen molar-refractivity contribution in [2.75, 3.05) is 12.4 Å². The van der Waals surface area contributed by atoms with Crippen LogP contribution in [0, 0.1) is 0 Å². The van der Waals surface area contributed by atoms with Crippen LogP contribution in [0.5, 0.6) is 5.75 Å². The third-order valence-corrected chi connectivity index (χ3v) is 4.83. The fourth-order valence-electron chi connectivity index (χ4n) is 3.49. The van der Waals surface area contributed by atoms with Crippen molar-refractivity contribution in [2.24, 2.45) is 0 Å². The molecule has 7 heteroatoms. The van der Waals surface area contributed by atoms with E-state index in [2.05, 4.69) is 5.32 Å². The summed E-state index contributed by atoms with van der Waals surface area (Å²) in [5, 5.41) is 2.82. The Balaban J connectivity index is 1.56. The number of nitrogens with zero attached hydrogens (tertiary/aromatic N) is 1. The van der Waals surface area contributed by atoms with Gasteiger partial charge in [-0.3, -0.25) is 14.5 Å². The molecular weight excluding hydrogens is 348 g/mol. The Labute approximate surface area is 155 Å². The van der Waals surface area contributed by atoms with E-state index in [4.69, 9.17) is 9.47 Å². The molecule has 7 nitrogen and oxygen atoms in total. The second-order valence-corrected chi connectivity index (χ2v) is 6.42. The smallest absolute Gasteiger partial charge is 0.340 e. The Morgan fingerprint density at radius 3 is 2.63 bits per heavy atom. The fourth-order valence-corrected chi connectivity index (χ4v) is 3.49. The number of cyclic esters (lactones) is 1. The molecule has 2 aliphatic rings. The number of carbonyl (C=O) groups is 3. The van der Waals surface area contributed by atoms with Gasteiger partial charge in [0, 0.05) is 17.7 Å². The van der Waals surface area contributed by atoms with E-state index in [0.29, 0.717) is 29.0 Å². The topological polar surface area (TPSA) is 84.9 Å². The highest BCUT2D eigenvalue weighted by Crippen LogP contribution is 2.38. The van der Waals surface area contributed by atoms with Gasteiger partial charge in [0.15, 0.2) is 0 Å². The number of likely N-dealkylation sites (tertiary alicyclic amines) is 1. The largest absolute Gasteiger partial charge is 0.497 e. The van der Waals surface area contributed by atoms with Crippen molar-refractivity contribution in [1.82, 2.24) is 4.90 Å². The van der Waals surface area contributed by atoms with Gasteiger partial charge in [-0.1, -0.05) is 18.2 Å². The predicted octanol–water partition coefficient (Wildman–Crippen LogP) is 2.49. The van der Waals surface area contributed by atoms with Crippen LogP contribution in [0.4, 0.5) is 5.69 Å². The maximum Gasteiger partial charge on any atom is 0.340 e. The molecule has 2 aliphatic heterocycles. The lowest BCUT2D eigenvalue weighted by atomic mass is 10.1. The number of hydrogen-bond donors (Lipinski definition) is 1. The van der Waals surface area contributed by atoms with Crippen molar-refractivity contribution in [3.05, 3.63) is 59.7 Å². The number of hydrogen-bond acceptors (Lipinski definition) is 5. The molecule has 0 aliphatic carbocycles. The van der Waals surface area contributed by atoms with Crippen molar-refractivity contribution >= 4 is 23.5 Å². The maximum atomic E-state index is 12.8. The van der Waals surface area contributed by atoms with Gasteiger partial charge >= 0.3 is 5.97 Å². The Kier molecular flexibility index (Phi) is 4.27. The van der Waals surface area contributed by atoms with Gasteiger partial charge in [-0.05, 0) is 36.8 Å². The highest BCUT2D eigenvalue weighted by atomic mass is 16.6. The van der Waals surface area contributed by atoms with Gasteiger partial charge in [-0.25, -0.2) is 4.79 Å². The van der Waals surface area contributed by atoms with Crippen LogP contribution in [0.3, 0.4) is 0 Å². The number of rotatable bonds is 4. The van der Waals surface area contributed by atoms with Gasteiger partial charge in [0.25, 0.3) is 0 Å². The minimum absolute atomic E-state index is 0.209. The summed E-state index contributed by atoms with van der Waals surface area (Å²) < 4.78 is 10.5. The molecule has 0 spiro atoms. The van der Waals surface area contributed by atoms with E-state index in [0.717, 1.165) is 0 Å². The van der Waals surface area contributed by atoms with E-state index in [-0.39, 0.29) is 18.2 Å². The summed E-state index contributed by atoms with van der Waals surface area (Å²) in [6.07, 6.45) is -0.260. The average Bonchev–Trinajstić information content (AvgIpc) is 3.22. The van der Waals surface area contributed by atoms with Crippen molar-refractivity contribution < 1.29 is 23.9 Å². The summed E-state index contributed by atoms with van der Waals surface area (Å²) >= 11 is 0. The van der Waals surface area contributed by atoms with Crippen LogP contribution in [0.15, 0.2) is 48.5 Å². The summed E-state index contributed by atoms with van der Waals surface area (Å²) in [6, 6.07) is 13.1. The van der Waals surface area contributed by atoms with Crippen molar-refractivity contribution in [1.29, 1.82) is 0 Å². The van der Waals surface area contributed by atoms with E-state index in [1.165, 1.54) is 4.90 Å². The van der Waals surface area contributed by atoms with E-state index in [1.807, 2.05) is 0 Å². The third-order valence-electron chi connectivity index (χ3n) is 4.83. The summed E-state index contributed by atoms with van der Waals surface area (Å²) in [6.45, 7) is 0.